The highest BCUT2D eigenvalue weighted by Crippen LogP contribution is 2.28. The Bertz CT molecular complexity index is 1170. The van der Waals surface area contributed by atoms with Crippen LogP contribution in [-0.2, 0) is 11.2 Å². The normalized spacial score (nSPS) is 11.8. The van der Waals surface area contributed by atoms with E-state index in [0.29, 0.717) is 11.3 Å². The number of carbonyl (C=O) groups is 1. The Balaban J connectivity index is 1.52. The van der Waals surface area contributed by atoms with Crippen LogP contribution >= 0.6 is 0 Å². The minimum atomic E-state index is -0.209. The number of hydrogen-bond acceptors (Lipinski definition) is 3. The molecule has 5 heteroatoms. The first-order valence-corrected chi connectivity index (χ1v) is 8.72. The van der Waals surface area contributed by atoms with Crippen molar-refractivity contribution in [3.8, 4) is 5.75 Å². The lowest BCUT2D eigenvalue weighted by molar-refractivity contribution is -0.120. The second-order valence-corrected chi connectivity index (χ2v) is 6.45. The second-order valence-electron chi connectivity index (χ2n) is 6.45. The summed E-state index contributed by atoms with van der Waals surface area (Å²) in [6.45, 7) is 1.76. The SMILES string of the molecule is C/C(=N\NC(=O)Cc1c[nH]c2ccccc12)c1ccc2ccccc2c1O. The molecule has 1 amide bonds. The Morgan fingerprint density at radius 3 is 2.63 bits per heavy atom. The Labute approximate surface area is 156 Å². The number of fused-ring (bicyclic) bond motifs is 2. The lowest BCUT2D eigenvalue weighted by Crippen LogP contribution is -2.21. The molecule has 0 aliphatic heterocycles. The standard InChI is InChI=1S/C22H19N3O2/c1-14(17-11-10-15-6-2-3-8-19(15)22(17)27)24-25-21(26)12-16-13-23-20-9-5-4-7-18(16)20/h2-11,13,23,27H,12H2,1H3,(H,25,26)/b24-14+. The topological polar surface area (TPSA) is 77.5 Å². The molecule has 1 aromatic heterocycles. The first-order chi connectivity index (χ1) is 13.1. The van der Waals surface area contributed by atoms with E-state index in [4.69, 9.17) is 0 Å². The third-order valence-electron chi connectivity index (χ3n) is 4.66. The van der Waals surface area contributed by atoms with Crippen LogP contribution in [0.25, 0.3) is 21.7 Å². The number of nitrogens with zero attached hydrogens (tertiary/aromatic N) is 1. The first kappa shape index (κ1) is 16.8. The summed E-state index contributed by atoms with van der Waals surface area (Å²) in [5.41, 5.74) is 5.65. The number of hydrazone groups is 1. The highest BCUT2D eigenvalue weighted by molar-refractivity contribution is 6.06. The van der Waals surface area contributed by atoms with Gasteiger partial charge in [-0.2, -0.15) is 5.10 Å². The number of benzene rings is 3. The molecule has 0 spiro atoms. The number of phenols is 1. The van der Waals surface area contributed by atoms with E-state index < -0.39 is 0 Å². The van der Waals surface area contributed by atoms with Crippen LogP contribution in [0.5, 0.6) is 5.75 Å². The van der Waals surface area contributed by atoms with E-state index >= 15 is 0 Å². The number of aromatic hydroxyl groups is 1. The molecule has 0 fully saturated rings. The number of aromatic amines is 1. The van der Waals surface area contributed by atoms with Crippen molar-refractivity contribution in [3.05, 3.63) is 78.0 Å². The van der Waals surface area contributed by atoms with Gasteiger partial charge < -0.3 is 10.1 Å². The fourth-order valence-electron chi connectivity index (χ4n) is 3.24. The van der Waals surface area contributed by atoms with E-state index in [1.165, 1.54) is 0 Å². The van der Waals surface area contributed by atoms with Crippen molar-refractivity contribution in [2.75, 3.05) is 0 Å². The maximum atomic E-state index is 12.3. The molecule has 0 unspecified atom stereocenters. The fraction of sp³-hybridized carbons (Fsp3) is 0.0909. The van der Waals surface area contributed by atoms with Gasteiger partial charge in [0, 0.05) is 28.0 Å². The lowest BCUT2D eigenvalue weighted by Gasteiger charge is -2.08. The first-order valence-electron chi connectivity index (χ1n) is 8.72. The highest BCUT2D eigenvalue weighted by Gasteiger charge is 2.11. The molecule has 27 heavy (non-hydrogen) atoms. The number of nitrogens with one attached hydrogen (secondary N) is 2. The number of aromatic nitrogens is 1. The molecule has 3 N–H and O–H groups in total. The molecule has 0 bridgehead atoms. The van der Waals surface area contributed by atoms with Crippen molar-refractivity contribution in [1.29, 1.82) is 0 Å². The van der Waals surface area contributed by atoms with Gasteiger partial charge in [-0.05, 0) is 30.0 Å². The molecule has 0 atom stereocenters. The Morgan fingerprint density at radius 2 is 1.78 bits per heavy atom. The number of phenolic OH excluding ortho intramolecular Hbond substituents is 1. The quantitative estimate of drug-likeness (QED) is 0.380. The van der Waals surface area contributed by atoms with Crippen LogP contribution in [0, 0.1) is 0 Å². The summed E-state index contributed by atoms with van der Waals surface area (Å²) in [5, 5.41) is 17.4. The minimum absolute atomic E-state index is 0.167. The zero-order valence-corrected chi connectivity index (χ0v) is 14.9. The predicted molar refractivity (Wildman–Crippen MR) is 108 cm³/mol. The number of amides is 1. The van der Waals surface area contributed by atoms with Crippen molar-refractivity contribution in [2.45, 2.75) is 13.3 Å². The van der Waals surface area contributed by atoms with Crippen LogP contribution in [0.4, 0.5) is 0 Å². The molecular weight excluding hydrogens is 338 g/mol. The summed E-state index contributed by atoms with van der Waals surface area (Å²) >= 11 is 0. The zero-order chi connectivity index (χ0) is 18.8. The Kier molecular flexibility index (Phi) is 4.34. The maximum absolute atomic E-state index is 12.3. The molecule has 0 aliphatic carbocycles. The van der Waals surface area contributed by atoms with Crippen molar-refractivity contribution in [3.63, 3.8) is 0 Å². The summed E-state index contributed by atoms with van der Waals surface area (Å²) in [7, 11) is 0. The van der Waals surface area contributed by atoms with Gasteiger partial charge in [0.15, 0.2) is 0 Å². The predicted octanol–water partition coefficient (Wildman–Crippen LogP) is 4.11. The Hall–Kier alpha value is -3.60. The van der Waals surface area contributed by atoms with E-state index in [0.717, 1.165) is 27.2 Å². The molecular formula is C22H19N3O2. The summed E-state index contributed by atoms with van der Waals surface area (Å²) in [6, 6.07) is 19.2. The van der Waals surface area contributed by atoms with E-state index in [1.54, 1.807) is 6.92 Å². The summed E-state index contributed by atoms with van der Waals surface area (Å²) in [5.74, 6) is -0.0420. The van der Waals surface area contributed by atoms with Crippen molar-refractivity contribution >= 4 is 33.3 Å². The summed E-state index contributed by atoms with van der Waals surface area (Å²) in [6.07, 6.45) is 2.07. The largest absolute Gasteiger partial charge is 0.507 e. The van der Waals surface area contributed by atoms with Gasteiger partial charge in [-0.15, -0.1) is 0 Å². The van der Waals surface area contributed by atoms with Gasteiger partial charge in [-0.1, -0.05) is 48.5 Å². The van der Waals surface area contributed by atoms with Crippen LogP contribution in [0.3, 0.4) is 0 Å². The second kappa shape index (κ2) is 6.96. The van der Waals surface area contributed by atoms with Gasteiger partial charge in [0.05, 0.1) is 12.1 Å². The van der Waals surface area contributed by atoms with Gasteiger partial charge in [0.25, 0.3) is 0 Å². The number of H-pyrrole nitrogens is 1. The van der Waals surface area contributed by atoms with E-state index in [2.05, 4.69) is 15.5 Å². The zero-order valence-electron chi connectivity index (χ0n) is 14.9. The molecule has 4 rings (SSSR count). The highest BCUT2D eigenvalue weighted by atomic mass is 16.3. The minimum Gasteiger partial charge on any atom is -0.507 e. The molecule has 0 aliphatic rings. The summed E-state index contributed by atoms with van der Waals surface area (Å²) in [4.78, 5) is 15.5. The molecule has 134 valence electrons. The van der Waals surface area contributed by atoms with Crippen LogP contribution in [-0.4, -0.2) is 21.7 Å². The molecule has 5 nitrogen and oxygen atoms in total. The van der Waals surface area contributed by atoms with E-state index in [1.807, 2.05) is 66.9 Å². The molecule has 4 aromatic rings. The lowest BCUT2D eigenvalue weighted by atomic mass is 10.0. The molecule has 1 heterocycles. The van der Waals surface area contributed by atoms with Gasteiger partial charge >= 0.3 is 0 Å². The number of carbonyl (C=O) groups excluding carboxylic acids is 1. The van der Waals surface area contributed by atoms with Gasteiger partial charge in [-0.25, -0.2) is 5.43 Å². The maximum Gasteiger partial charge on any atom is 0.244 e. The summed E-state index contributed by atoms with van der Waals surface area (Å²) < 4.78 is 0. The van der Waals surface area contributed by atoms with Crippen LogP contribution < -0.4 is 5.43 Å². The molecule has 0 saturated carbocycles. The molecule has 0 saturated heterocycles. The average Bonchev–Trinajstić information content (AvgIpc) is 3.09. The third kappa shape index (κ3) is 3.27. The van der Waals surface area contributed by atoms with Crippen LogP contribution in [0.2, 0.25) is 0 Å². The third-order valence-corrected chi connectivity index (χ3v) is 4.66. The molecule has 0 radical (unpaired) electrons. The van der Waals surface area contributed by atoms with Crippen molar-refractivity contribution in [1.82, 2.24) is 10.4 Å². The number of hydrogen-bond donors (Lipinski definition) is 3. The average molecular weight is 357 g/mol. The fourth-order valence-corrected chi connectivity index (χ4v) is 3.24. The van der Waals surface area contributed by atoms with Crippen molar-refractivity contribution < 1.29 is 9.90 Å². The van der Waals surface area contributed by atoms with Gasteiger partial charge in [0.2, 0.25) is 5.91 Å². The van der Waals surface area contributed by atoms with Crippen LogP contribution in [0.1, 0.15) is 18.1 Å². The molecule has 3 aromatic carbocycles. The monoisotopic (exact) mass is 357 g/mol. The number of para-hydroxylation sites is 1. The number of rotatable bonds is 4. The van der Waals surface area contributed by atoms with Gasteiger partial charge in [0.1, 0.15) is 5.75 Å². The Morgan fingerprint density at radius 1 is 1.04 bits per heavy atom. The van der Waals surface area contributed by atoms with E-state index in [9.17, 15) is 9.90 Å². The van der Waals surface area contributed by atoms with Crippen molar-refractivity contribution in [2.24, 2.45) is 5.10 Å². The smallest absolute Gasteiger partial charge is 0.244 e. The van der Waals surface area contributed by atoms with Gasteiger partial charge in [-0.3, -0.25) is 4.79 Å². The van der Waals surface area contributed by atoms with Crippen LogP contribution in [0.15, 0.2) is 72.0 Å². The van der Waals surface area contributed by atoms with E-state index in [-0.39, 0.29) is 18.1 Å².